The van der Waals surface area contributed by atoms with Gasteiger partial charge >= 0.3 is 0 Å². The van der Waals surface area contributed by atoms with Crippen molar-refractivity contribution in [3.05, 3.63) is 26.6 Å². The SMILES string of the molecule is CC1(C)CCC(COc2c(Br)cc(CO)cc2Br)O1. The molecule has 1 N–H and O–H groups in total. The summed E-state index contributed by atoms with van der Waals surface area (Å²) >= 11 is 6.93. The molecular weight excluding hydrogens is 376 g/mol. The summed E-state index contributed by atoms with van der Waals surface area (Å²) < 4.78 is 13.4. The predicted molar refractivity (Wildman–Crippen MR) is 81.4 cm³/mol. The molecule has 1 aliphatic rings. The van der Waals surface area contributed by atoms with Crippen molar-refractivity contribution < 1.29 is 14.6 Å². The van der Waals surface area contributed by atoms with E-state index in [1.54, 1.807) is 0 Å². The van der Waals surface area contributed by atoms with Crippen molar-refractivity contribution in [1.29, 1.82) is 0 Å². The lowest BCUT2D eigenvalue weighted by Gasteiger charge is -2.20. The molecule has 1 unspecified atom stereocenters. The molecule has 1 heterocycles. The van der Waals surface area contributed by atoms with Crippen LogP contribution in [0.4, 0.5) is 0 Å². The Morgan fingerprint density at radius 3 is 2.47 bits per heavy atom. The summed E-state index contributed by atoms with van der Waals surface area (Å²) in [6, 6.07) is 3.72. The molecule has 106 valence electrons. The van der Waals surface area contributed by atoms with Crippen LogP contribution in [0.25, 0.3) is 0 Å². The minimum atomic E-state index is -0.0385. The average molecular weight is 394 g/mol. The van der Waals surface area contributed by atoms with Gasteiger partial charge in [0, 0.05) is 0 Å². The summed E-state index contributed by atoms with van der Waals surface area (Å²) in [7, 11) is 0. The fourth-order valence-electron chi connectivity index (χ4n) is 2.21. The highest BCUT2D eigenvalue weighted by atomic mass is 79.9. The van der Waals surface area contributed by atoms with Gasteiger partial charge in [0.15, 0.2) is 0 Å². The maximum atomic E-state index is 9.14. The lowest BCUT2D eigenvalue weighted by Crippen LogP contribution is -2.24. The third kappa shape index (κ3) is 3.94. The van der Waals surface area contributed by atoms with Crippen molar-refractivity contribution in [3.8, 4) is 5.75 Å². The maximum absolute atomic E-state index is 9.14. The van der Waals surface area contributed by atoms with Crippen LogP contribution in [0.2, 0.25) is 0 Å². The standard InChI is InChI=1S/C14H18Br2O3/c1-14(2)4-3-10(19-14)8-18-13-11(15)5-9(7-17)6-12(13)16/h5-6,10,17H,3-4,7-8H2,1-2H3. The fourth-order valence-corrected chi connectivity index (χ4v) is 3.72. The van der Waals surface area contributed by atoms with Gasteiger partial charge < -0.3 is 14.6 Å². The molecular formula is C14H18Br2O3. The van der Waals surface area contributed by atoms with Crippen LogP contribution in [-0.2, 0) is 11.3 Å². The molecule has 5 heteroatoms. The predicted octanol–water partition coefficient (Wildman–Crippen LogP) is 4.04. The number of hydrogen-bond acceptors (Lipinski definition) is 3. The van der Waals surface area contributed by atoms with Crippen LogP contribution in [0.1, 0.15) is 32.3 Å². The Kier molecular flexibility index (Phi) is 4.93. The fraction of sp³-hybridized carbons (Fsp3) is 0.571. The van der Waals surface area contributed by atoms with E-state index in [-0.39, 0.29) is 18.3 Å². The van der Waals surface area contributed by atoms with Gasteiger partial charge in [-0.3, -0.25) is 0 Å². The molecule has 1 atom stereocenters. The number of halogens is 2. The Labute approximate surface area is 130 Å². The van der Waals surface area contributed by atoms with Gasteiger partial charge in [0.25, 0.3) is 0 Å². The molecule has 0 amide bonds. The van der Waals surface area contributed by atoms with E-state index in [1.165, 1.54) is 0 Å². The molecule has 19 heavy (non-hydrogen) atoms. The topological polar surface area (TPSA) is 38.7 Å². The molecule has 3 nitrogen and oxygen atoms in total. The summed E-state index contributed by atoms with van der Waals surface area (Å²) in [5, 5.41) is 9.14. The molecule has 1 saturated heterocycles. The average Bonchev–Trinajstić information content (AvgIpc) is 2.67. The van der Waals surface area contributed by atoms with Crippen molar-refractivity contribution in [2.45, 2.75) is 45.0 Å². The van der Waals surface area contributed by atoms with Gasteiger partial charge in [0.2, 0.25) is 0 Å². The smallest absolute Gasteiger partial charge is 0.147 e. The molecule has 0 saturated carbocycles. The molecule has 0 spiro atoms. The van der Waals surface area contributed by atoms with Gasteiger partial charge in [-0.2, -0.15) is 0 Å². The second-order valence-corrected chi connectivity index (χ2v) is 7.10. The van der Waals surface area contributed by atoms with E-state index in [9.17, 15) is 0 Å². The zero-order chi connectivity index (χ0) is 14.0. The minimum Gasteiger partial charge on any atom is -0.489 e. The Balaban J connectivity index is 2.00. The normalized spacial score (nSPS) is 21.6. The van der Waals surface area contributed by atoms with E-state index >= 15 is 0 Å². The summed E-state index contributed by atoms with van der Waals surface area (Å²) in [4.78, 5) is 0. The van der Waals surface area contributed by atoms with Crippen molar-refractivity contribution in [3.63, 3.8) is 0 Å². The van der Waals surface area contributed by atoms with Crippen LogP contribution in [0.3, 0.4) is 0 Å². The first-order chi connectivity index (χ1) is 8.91. The largest absolute Gasteiger partial charge is 0.489 e. The second-order valence-electron chi connectivity index (χ2n) is 5.40. The second kappa shape index (κ2) is 6.12. The van der Waals surface area contributed by atoms with Crippen molar-refractivity contribution >= 4 is 31.9 Å². The van der Waals surface area contributed by atoms with Crippen molar-refractivity contribution in [2.75, 3.05) is 6.61 Å². The Hall–Kier alpha value is -0.100. The lowest BCUT2D eigenvalue weighted by molar-refractivity contribution is -0.0328. The quantitative estimate of drug-likeness (QED) is 0.838. The third-order valence-electron chi connectivity index (χ3n) is 3.21. The molecule has 1 aliphatic heterocycles. The molecule has 0 aliphatic carbocycles. The molecule has 2 rings (SSSR count). The number of benzene rings is 1. The molecule has 1 aromatic carbocycles. The number of rotatable bonds is 4. The van der Waals surface area contributed by atoms with E-state index in [0.717, 1.165) is 33.1 Å². The molecule has 1 aromatic rings. The highest BCUT2D eigenvalue weighted by Crippen LogP contribution is 2.36. The van der Waals surface area contributed by atoms with Crippen LogP contribution < -0.4 is 4.74 Å². The Morgan fingerprint density at radius 2 is 2.00 bits per heavy atom. The number of aliphatic hydroxyl groups is 1. The Morgan fingerprint density at radius 1 is 1.37 bits per heavy atom. The number of hydrogen-bond donors (Lipinski definition) is 1. The number of ether oxygens (including phenoxy) is 2. The van der Waals surface area contributed by atoms with Gasteiger partial charge in [-0.25, -0.2) is 0 Å². The van der Waals surface area contributed by atoms with E-state index in [2.05, 4.69) is 45.7 Å². The van der Waals surface area contributed by atoms with Gasteiger partial charge in [-0.05, 0) is 76.2 Å². The van der Waals surface area contributed by atoms with Crippen molar-refractivity contribution in [2.24, 2.45) is 0 Å². The Bertz CT molecular complexity index is 437. The minimum absolute atomic E-state index is 0.0113. The zero-order valence-electron chi connectivity index (χ0n) is 11.1. The van der Waals surface area contributed by atoms with E-state index in [1.807, 2.05) is 12.1 Å². The molecule has 0 radical (unpaired) electrons. The van der Waals surface area contributed by atoms with E-state index in [0.29, 0.717) is 6.61 Å². The first-order valence-electron chi connectivity index (χ1n) is 6.31. The first kappa shape index (κ1) is 15.3. The molecule has 0 aromatic heterocycles. The van der Waals surface area contributed by atoms with Gasteiger partial charge in [-0.1, -0.05) is 0 Å². The highest BCUT2D eigenvalue weighted by Gasteiger charge is 2.32. The molecule has 1 fully saturated rings. The van der Waals surface area contributed by atoms with Crippen molar-refractivity contribution in [1.82, 2.24) is 0 Å². The number of aliphatic hydroxyl groups excluding tert-OH is 1. The summed E-state index contributed by atoms with van der Waals surface area (Å²) in [6.07, 6.45) is 2.23. The van der Waals surface area contributed by atoms with Crippen LogP contribution in [0, 0.1) is 0 Å². The highest BCUT2D eigenvalue weighted by molar-refractivity contribution is 9.11. The van der Waals surface area contributed by atoms with E-state index in [4.69, 9.17) is 14.6 Å². The van der Waals surface area contributed by atoms with Crippen LogP contribution >= 0.6 is 31.9 Å². The first-order valence-corrected chi connectivity index (χ1v) is 7.89. The monoisotopic (exact) mass is 392 g/mol. The summed E-state index contributed by atoms with van der Waals surface area (Å²) in [5.74, 6) is 0.755. The zero-order valence-corrected chi connectivity index (χ0v) is 14.3. The third-order valence-corrected chi connectivity index (χ3v) is 4.39. The maximum Gasteiger partial charge on any atom is 0.147 e. The van der Waals surface area contributed by atoms with Gasteiger partial charge in [-0.15, -0.1) is 0 Å². The van der Waals surface area contributed by atoms with Crippen LogP contribution in [0.5, 0.6) is 5.75 Å². The summed E-state index contributed by atoms with van der Waals surface area (Å²) in [5.41, 5.74) is 0.799. The summed E-state index contributed by atoms with van der Waals surface area (Å²) in [6.45, 7) is 4.76. The van der Waals surface area contributed by atoms with E-state index < -0.39 is 0 Å². The van der Waals surface area contributed by atoms with Gasteiger partial charge in [0.05, 0.1) is 27.3 Å². The lowest BCUT2D eigenvalue weighted by atomic mass is 10.1. The van der Waals surface area contributed by atoms with Crippen LogP contribution in [0.15, 0.2) is 21.1 Å². The van der Waals surface area contributed by atoms with Crippen LogP contribution in [-0.4, -0.2) is 23.4 Å². The van der Waals surface area contributed by atoms with Gasteiger partial charge in [0.1, 0.15) is 12.4 Å². The molecule has 0 bridgehead atoms.